The Hall–Kier alpha value is -1.22. The standard InChI is InChI=1S/C7H13N3O2/c1-5(2)4-12-7(11)6(3)9-10-8/h5-6H,4H2,1-3H3. The van der Waals surface area contributed by atoms with Crippen molar-refractivity contribution in [3.63, 3.8) is 0 Å². The van der Waals surface area contributed by atoms with Crippen LogP contribution in [0.5, 0.6) is 0 Å². The molecule has 0 aromatic carbocycles. The molecule has 0 saturated carbocycles. The lowest BCUT2D eigenvalue weighted by Crippen LogP contribution is -2.19. The Bertz CT molecular complexity index is 197. The van der Waals surface area contributed by atoms with Gasteiger partial charge in [0.25, 0.3) is 0 Å². The van der Waals surface area contributed by atoms with Crippen LogP contribution in [0.25, 0.3) is 10.4 Å². The largest absolute Gasteiger partial charge is 0.465 e. The van der Waals surface area contributed by atoms with Gasteiger partial charge in [-0.25, -0.2) is 0 Å². The van der Waals surface area contributed by atoms with Crippen LogP contribution in [-0.4, -0.2) is 18.6 Å². The van der Waals surface area contributed by atoms with Gasteiger partial charge in [0.2, 0.25) is 0 Å². The summed E-state index contributed by atoms with van der Waals surface area (Å²) >= 11 is 0. The van der Waals surface area contributed by atoms with Gasteiger partial charge in [-0.3, -0.25) is 4.79 Å². The lowest BCUT2D eigenvalue weighted by Gasteiger charge is -2.08. The minimum atomic E-state index is -0.728. The van der Waals surface area contributed by atoms with E-state index in [1.807, 2.05) is 13.8 Å². The molecule has 0 aliphatic carbocycles. The number of carbonyl (C=O) groups excluding carboxylic acids is 1. The van der Waals surface area contributed by atoms with Crippen LogP contribution in [0, 0.1) is 5.92 Å². The Morgan fingerprint density at radius 2 is 2.17 bits per heavy atom. The number of hydrogen-bond acceptors (Lipinski definition) is 3. The molecule has 5 heteroatoms. The van der Waals surface area contributed by atoms with Gasteiger partial charge in [0, 0.05) is 4.91 Å². The first-order valence-corrected chi connectivity index (χ1v) is 3.78. The van der Waals surface area contributed by atoms with E-state index in [0.717, 1.165) is 0 Å². The summed E-state index contributed by atoms with van der Waals surface area (Å²) in [6, 6.07) is -0.728. The molecule has 0 aromatic heterocycles. The van der Waals surface area contributed by atoms with Gasteiger partial charge in [-0.1, -0.05) is 19.0 Å². The van der Waals surface area contributed by atoms with Crippen LogP contribution >= 0.6 is 0 Å². The Labute approximate surface area is 71.3 Å². The number of nitrogens with zero attached hydrogens (tertiary/aromatic N) is 3. The molecule has 0 N–H and O–H groups in total. The molecule has 0 bridgehead atoms. The molecular formula is C7H13N3O2. The summed E-state index contributed by atoms with van der Waals surface area (Å²) in [7, 11) is 0. The van der Waals surface area contributed by atoms with Crippen LogP contribution in [0.15, 0.2) is 5.11 Å². The zero-order valence-corrected chi connectivity index (χ0v) is 7.52. The van der Waals surface area contributed by atoms with Crippen LogP contribution in [0.4, 0.5) is 0 Å². The van der Waals surface area contributed by atoms with E-state index in [-0.39, 0.29) is 0 Å². The summed E-state index contributed by atoms with van der Waals surface area (Å²) < 4.78 is 4.81. The first-order chi connectivity index (χ1) is 5.57. The molecule has 12 heavy (non-hydrogen) atoms. The molecule has 0 fully saturated rings. The van der Waals surface area contributed by atoms with Gasteiger partial charge in [-0.2, -0.15) is 0 Å². The van der Waals surface area contributed by atoms with E-state index in [1.54, 1.807) is 0 Å². The van der Waals surface area contributed by atoms with Gasteiger partial charge in [0.1, 0.15) is 6.04 Å². The monoisotopic (exact) mass is 171 g/mol. The van der Waals surface area contributed by atoms with Crippen molar-refractivity contribution in [3.8, 4) is 0 Å². The second kappa shape index (κ2) is 5.43. The lowest BCUT2D eigenvalue weighted by molar-refractivity contribution is -0.145. The minimum Gasteiger partial charge on any atom is -0.465 e. The van der Waals surface area contributed by atoms with Crippen LogP contribution in [-0.2, 0) is 9.53 Å². The van der Waals surface area contributed by atoms with Gasteiger partial charge in [0.05, 0.1) is 6.61 Å². The second-order valence-electron chi connectivity index (χ2n) is 2.90. The first kappa shape index (κ1) is 10.8. The molecule has 0 amide bonds. The molecule has 0 rings (SSSR count). The SMILES string of the molecule is CC(C)COC(=O)C(C)N=[N+]=[N-]. The molecule has 68 valence electrons. The average molecular weight is 171 g/mol. The molecule has 0 aliphatic rings. The third-order valence-electron chi connectivity index (χ3n) is 1.12. The molecule has 0 heterocycles. The van der Waals surface area contributed by atoms with Gasteiger partial charge in [-0.05, 0) is 18.4 Å². The van der Waals surface area contributed by atoms with Crippen molar-refractivity contribution in [3.05, 3.63) is 10.4 Å². The van der Waals surface area contributed by atoms with E-state index in [0.29, 0.717) is 12.5 Å². The van der Waals surface area contributed by atoms with Crippen molar-refractivity contribution in [1.82, 2.24) is 0 Å². The maximum atomic E-state index is 11.0. The number of rotatable bonds is 4. The maximum Gasteiger partial charge on any atom is 0.314 e. The third-order valence-corrected chi connectivity index (χ3v) is 1.12. The Morgan fingerprint density at radius 1 is 1.58 bits per heavy atom. The fraction of sp³-hybridized carbons (Fsp3) is 0.857. The fourth-order valence-electron chi connectivity index (χ4n) is 0.494. The number of hydrogen-bond donors (Lipinski definition) is 0. The van der Waals surface area contributed by atoms with Crippen LogP contribution < -0.4 is 0 Å². The first-order valence-electron chi connectivity index (χ1n) is 3.78. The highest BCUT2D eigenvalue weighted by Crippen LogP contribution is 1.98. The predicted octanol–water partition coefficient (Wildman–Crippen LogP) is 1.88. The van der Waals surface area contributed by atoms with Crippen LogP contribution in [0.2, 0.25) is 0 Å². The zero-order valence-electron chi connectivity index (χ0n) is 7.52. The molecular weight excluding hydrogens is 158 g/mol. The maximum absolute atomic E-state index is 11.0. The fourth-order valence-corrected chi connectivity index (χ4v) is 0.494. The van der Waals surface area contributed by atoms with Crippen molar-refractivity contribution in [1.29, 1.82) is 0 Å². The number of azide groups is 1. The van der Waals surface area contributed by atoms with Crippen molar-refractivity contribution < 1.29 is 9.53 Å². The van der Waals surface area contributed by atoms with Crippen LogP contribution in [0.3, 0.4) is 0 Å². The summed E-state index contributed by atoms with van der Waals surface area (Å²) in [6.07, 6.45) is 0. The Balaban J connectivity index is 3.79. The number of carbonyl (C=O) groups is 1. The van der Waals surface area contributed by atoms with E-state index in [2.05, 4.69) is 10.0 Å². The second-order valence-corrected chi connectivity index (χ2v) is 2.90. The van der Waals surface area contributed by atoms with Crippen molar-refractivity contribution in [2.24, 2.45) is 11.0 Å². The summed E-state index contributed by atoms with van der Waals surface area (Å²) in [5.41, 5.74) is 8.01. The molecule has 0 aliphatic heterocycles. The van der Waals surface area contributed by atoms with E-state index < -0.39 is 12.0 Å². The van der Waals surface area contributed by atoms with Crippen molar-refractivity contribution in [2.45, 2.75) is 26.8 Å². The summed E-state index contributed by atoms with van der Waals surface area (Å²) in [5, 5.41) is 3.21. The van der Waals surface area contributed by atoms with E-state index in [1.165, 1.54) is 6.92 Å². The van der Waals surface area contributed by atoms with Gasteiger partial charge >= 0.3 is 5.97 Å². The average Bonchev–Trinajstić information content (AvgIpc) is 2.00. The number of esters is 1. The van der Waals surface area contributed by atoms with Gasteiger partial charge in [0.15, 0.2) is 0 Å². The van der Waals surface area contributed by atoms with Gasteiger partial charge < -0.3 is 4.74 Å². The summed E-state index contributed by atoms with van der Waals surface area (Å²) in [5.74, 6) is -0.172. The molecule has 5 nitrogen and oxygen atoms in total. The molecule has 0 radical (unpaired) electrons. The zero-order chi connectivity index (χ0) is 9.56. The third kappa shape index (κ3) is 4.57. The van der Waals surface area contributed by atoms with Crippen molar-refractivity contribution in [2.75, 3.05) is 6.61 Å². The normalized spacial score (nSPS) is 12.0. The van der Waals surface area contributed by atoms with Crippen molar-refractivity contribution >= 4 is 5.97 Å². The quantitative estimate of drug-likeness (QED) is 0.280. The predicted molar refractivity (Wildman–Crippen MR) is 44.4 cm³/mol. The highest BCUT2D eigenvalue weighted by molar-refractivity contribution is 5.75. The van der Waals surface area contributed by atoms with E-state index in [4.69, 9.17) is 10.3 Å². The molecule has 0 spiro atoms. The molecule has 0 aromatic rings. The lowest BCUT2D eigenvalue weighted by atomic mass is 10.2. The minimum absolute atomic E-state index is 0.298. The molecule has 1 unspecified atom stereocenters. The highest BCUT2D eigenvalue weighted by Gasteiger charge is 2.12. The summed E-state index contributed by atoms with van der Waals surface area (Å²) in [6.45, 7) is 5.74. The number of ether oxygens (including phenoxy) is 1. The molecule has 1 atom stereocenters. The topological polar surface area (TPSA) is 75.1 Å². The van der Waals surface area contributed by atoms with E-state index >= 15 is 0 Å². The van der Waals surface area contributed by atoms with Gasteiger partial charge in [-0.15, -0.1) is 0 Å². The van der Waals surface area contributed by atoms with E-state index in [9.17, 15) is 4.79 Å². The Morgan fingerprint density at radius 3 is 2.58 bits per heavy atom. The smallest absolute Gasteiger partial charge is 0.314 e. The molecule has 0 saturated heterocycles. The highest BCUT2D eigenvalue weighted by atomic mass is 16.5. The summed E-state index contributed by atoms with van der Waals surface area (Å²) in [4.78, 5) is 13.5. The Kier molecular flexibility index (Phi) is 4.88. The van der Waals surface area contributed by atoms with Crippen LogP contribution in [0.1, 0.15) is 20.8 Å².